The number of carbonyl (C=O) groups is 2. The zero-order valence-electron chi connectivity index (χ0n) is 27.9. The van der Waals surface area contributed by atoms with Crippen LogP contribution in [0.2, 0.25) is 0 Å². The highest BCUT2D eigenvalue weighted by Crippen LogP contribution is 2.30. The highest BCUT2D eigenvalue weighted by molar-refractivity contribution is 7.92. The van der Waals surface area contributed by atoms with Crippen molar-refractivity contribution < 1.29 is 37.1 Å². The Hall–Kier alpha value is -3.94. The average molecular weight is 671 g/mol. The Morgan fingerprint density at radius 2 is 1.87 bits per heavy atom. The van der Waals surface area contributed by atoms with E-state index in [1.165, 1.54) is 19.9 Å². The third kappa shape index (κ3) is 8.91. The van der Waals surface area contributed by atoms with E-state index < -0.39 is 28.1 Å². The second kappa shape index (κ2) is 15.8. The molecule has 0 bridgehead atoms. The third-order valence-electron chi connectivity index (χ3n) is 8.36. The number of aryl methyl sites for hydroxylation is 2. The molecular formula is C34H46N4O8S. The van der Waals surface area contributed by atoms with E-state index >= 15 is 0 Å². The van der Waals surface area contributed by atoms with Gasteiger partial charge in [0.25, 0.3) is 21.8 Å². The summed E-state index contributed by atoms with van der Waals surface area (Å²) in [6.07, 6.45) is 1.63. The van der Waals surface area contributed by atoms with Crippen molar-refractivity contribution in [3.8, 4) is 5.75 Å². The molecule has 0 saturated carbocycles. The van der Waals surface area contributed by atoms with E-state index in [0.29, 0.717) is 30.9 Å². The van der Waals surface area contributed by atoms with Crippen LogP contribution in [-0.4, -0.2) is 91.9 Å². The fourth-order valence-corrected chi connectivity index (χ4v) is 7.05. The number of anilines is 1. The summed E-state index contributed by atoms with van der Waals surface area (Å²) >= 11 is 0. The van der Waals surface area contributed by atoms with Gasteiger partial charge in [0.05, 0.1) is 30.4 Å². The van der Waals surface area contributed by atoms with Gasteiger partial charge < -0.3 is 28.9 Å². The number of nitrogens with zero attached hydrogens (tertiary/aromatic N) is 3. The minimum atomic E-state index is -4.09. The summed E-state index contributed by atoms with van der Waals surface area (Å²) in [4.78, 5) is 30.6. The van der Waals surface area contributed by atoms with Crippen molar-refractivity contribution in [3.05, 3.63) is 71.1 Å². The molecule has 0 fully saturated rings. The average Bonchev–Trinajstić information content (AvgIpc) is 3.40. The zero-order valence-corrected chi connectivity index (χ0v) is 28.7. The predicted octanol–water partition coefficient (Wildman–Crippen LogP) is 4.66. The summed E-state index contributed by atoms with van der Waals surface area (Å²) in [5.41, 5.74) is 1.09. The Balaban J connectivity index is 1.67. The van der Waals surface area contributed by atoms with Gasteiger partial charge in [-0.3, -0.25) is 14.3 Å². The molecule has 2 N–H and O–H groups in total. The highest BCUT2D eigenvalue weighted by atomic mass is 32.2. The smallest absolute Gasteiger partial charge is 0.267 e. The summed E-state index contributed by atoms with van der Waals surface area (Å²) in [7, 11) is -2.35. The normalized spacial score (nSPS) is 20.4. The number of nitrogens with one attached hydrogen (secondary N) is 1. The molecule has 4 rings (SSSR count). The number of hydrogen-bond donors (Lipinski definition) is 2. The van der Waals surface area contributed by atoms with Crippen molar-refractivity contribution in [3.63, 3.8) is 0 Å². The Morgan fingerprint density at radius 1 is 1.15 bits per heavy atom. The lowest BCUT2D eigenvalue weighted by molar-refractivity contribution is -0.0149. The van der Waals surface area contributed by atoms with Gasteiger partial charge in [-0.25, -0.2) is 8.42 Å². The molecule has 256 valence electrons. The van der Waals surface area contributed by atoms with Gasteiger partial charge >= 0.3 is 0 Å². The van der Waals surface area contributed by atoms with E-state index in [0.717, 1.165) is 12.8 Å². The minimum Gasteiger partial charge on any atom is -0.490 e. The SMILES string of the molecule is Cc1noc(C)c1S(=O)(=O)Nc1ccc2c(c1)C(=O)N([C@H](C)CO)C[C@H](C)[C@H](CN(C)C(=O)c1ccccc1)OCCCC[C@@H](C)O2. The Labute approximate surface area is 277 Å². The van der Waals surface area contributed by atoms with Gasteiger partial charge in [-0.2, -0.15) is 0 Å². The van der Waals surface area contributed by atoms with Crippen LogP contribution in [0.25, 0.3) is 0 Å². The van der Waals surface area contributed by atoms with Crippen molar-refractivity contribution in [2.24, 2.45) is 5.92 Å². The first-order valence-electron chi connectivity index (χ1n) is 15.9. The molecule has 2 aromatic carbocycles. The zero-order chi connectivity index (χ0) is 34.3. The van der Waals surface area contributed by atoms with E-state index in [9.17, 15) is 23.1 Å². The number of fused-ring (bicyclic) bond motifs is 1. The van der Waals surface area contributed by atoms with Gasteiger partial charge in [0.1, 0.15) is 11.4 Å². The molecule has 2 heterocycles. The molecule has 13 heteroatoms. The second-order valence-corrected chi connectivity index (χ2v) is 13.9. The van der Waals surface area contributed by atoms with Crippen LogP contribution in [0.4, 0.5) is 5.69 Å². The number of carbonyl (C=O) groups excluding carboxylic acids is 2. The molecule has 4 atom stereocenters. The number of sulfonamides is 1. The summed E-state index contributed by atoms with van der Waals surface area (Å²) in [5.74, 6) is -0.367. The summed E-state index contributed by atoms with van der Waals surface area (Å²) in [5, 5.41) is 14.0. The summed E-state index contributed by atoms with van der Waals surface area (Å²) in [6, 6.07) is 13.0. The summed E-state index contributed by atoms with van der Waals surface area (Å²) in [6.45, 7) is 9.32. The number of likely N-dealkylation sites (N-methyl/N-ethyl adjacent to an activating group) is 1. The molecule has 0 saturated heterocycles. The lowest BCUT2D eigenvalue weighted by Gasteiger charge is -2.36. The fourth-order valence-electron chi connectivity index (χ4n) is 5.67. The fraction of sp³-hybridized carbons (Fsp3) is 0.500. The number of benzene rings is 2. The molecule has 0 radical (unpaired) electrons. The number of aliphatic hydroxyl groups excluding tert-OH is 1. The third-order valence-corrected chi connectivity index (χ3v) is 9.99. The van der Waals surface area contributed by atoms with Crippen molar-refractivity contribution in [1.82, 2.24) is 15.0 Å². The van der Waals surface area contributed by atoms with Crippen LogP contribution in [-0.2, 0) is 14.8 Å². The van der Waals surface area contributed by atoms with Crippen molar-refractivity contribution >= 4 is 27.5 Å². The lowest BCUT2D eigenvalue weighted by atomic mass is 10.0. The van der Waals surface area contributed by atoms with Gasteiger partial charge in [-0.15, -0.1) is 0 Å². The first kappa shape index (κ1) is 35.9. The van der Waals surface area contributed by atoms with Crippen LogP contribution < -0.4 is 9.46 Å². The molecule has 1 aliphatic rings. The lowest BCUT2D eigenvalue weighted by Crippen LogP contribution is -2.48. The molecule has 1 aromatic heterocycles. The Morgan fingerprint density at radius 3 is 2.53 bits per heavy atom. The molecular weight excluding hydrogens is 624 g/mol. The molecule has 12 nitrogen and oxygen atoms in total. The molecule has 47 heavy (non-hydrogen) atoms. The second-order valence-electron chi connectivity index (χ2n) is 12.3. The van der Waals surface area contributed by atoms with Gasteiger partial charge in [-0.1, -0.05) is 30.3 Å². The quantitative estimate of drug-likeness (QED) is 0.349. The van der Waals surface area contributed by atoms with Crippen molar-refractivity contribution in [2.45, 2.75) is 77.0 Å². The van der Waals surface area contributed by atoms with Crippen LogP contribution in [0.1, 0.15) is 72.2 Å². The van der Waals surface area contributed by atoms with Gasteiger partial charge in [0, 0.05) is 43.9 Å². The molecule has 0 unspecified atom stereocenters. The van der Waals surface area contributed by atoms with E-state index in [1.807, 2.05) is 32.0 Å². The largest absolute Gasteiger partial charge is 0.490 e. The van der Waals surface area contributed by atoms with Crippen LogP contribution in [0.5, 0.6) is 5.75 Å². The van der Waals surface area contributed by atoms with Crippen LogP contribution in [0.3, 0.4) is 0 Å². The van der Waals surface area contributed by atoms with Crippen molar-refractivity contribution in [1.29, 1.82) is 0 Å². The maximum absolute atomic E-state index is 14.4. The Bertz CT molecular complexity index is 1610. The number of amides is 2. The maximum Gasteiger partial charge on any atom is 0.267 e. The Kier molecular flexibility index (Phi) is 12.0. The number of hydrogen-bond acceptors (Lipinski definition) is 9. The minimum absolute atomic E-state index is 0.0695. The molecule has 1 aliphatic heterocycles. The highest BCUT2D eigenvalue weighted by Gasteiger charge is 2.32. The van der Waals surface area contributed by atoms with E-state index in [1.54, 1.807) is 48.0 Å². The van der Waals surface area contributed by atoms with Crippen LogP contribution >= 0.6 is 0 Å². The monoisotopic (exact) mass is 670 g/mol. The first-order valence-corrected chi connectivity index (χ1v) is 17.4. The van der Waals surface area contributed by atoms with E-state index in [2.05, 4.69) is 9.88 Å². The number of ether oxygens (including phenoxy) is 2. The van der Waals surface area contributed by atoms with Gasteiger partial charge in [0.15, 0.2) is 10.7 Å². The van der Waals surface area contributed by atoms with Gasteiger partial charge in [0.2, 0.25) is 0 Å². The maximum atomic E-state index is 14.4. The first-order chi connectivity index (χ1) is 22.3. The molecule has 0 aliphatic carbocycles. The molecule has 3 aromatic rings. The van der Waals surface area contributed by atoms with E-state index in [4.69, 9.17) is 14.0 Å². The van der Waals surface area contributed by atoms with Crippen LogP contribution in [0, 0.1) is 19.8 Å². The van der Waals surface area contributed by atoms with Crippen molar-refractivity contribution in [2.75, 3.05) is 38.1 Å². The molecule has 0 spiro atoms. The predicted molar refractivity (Wildman–Crippen MR) is 177 cm³/mol. The van der Waals surface area contributed by atoms with E-state index in [-0.39, 0.29) is 58.7 Å². The molecule has 2 amide bonds. The number of rotatable bonds is 8. The van der Waals surface area contributed by atoms with Gasteiger partial charge in [-0.05, 0) is 77.3 Å². The van der Waals surface area contributed by atoms with Crippen LogP contribution in [0.15, 0.2) is 57.9 Å². The summed E-state index contributed by atoms with van der Waals surface area (Å²) < 4.78 is 46.8. The standard InChI is InChI=1S/C34H46N4O8S/c1-22-19-38(23(2)21-39)34(41)29-18-28(36-47(42,43)32-25(4)35-46-26(32)5)15-16-30(29)45-24(3)12-10-11-17-44-31(22)20-37(6)33(40)27-13-8-7-9-14-27/h7-9,13-16,18,22-24,31,36,39H,10-12,17,19-21H2,1-6H3/t22-,23+,24+,31-/m0/s1. The number of aromatic nitrogens is 1. The number of aliphatic hydroxyl groups is 1. The topological polar surface area (TPSA) is 152 Å².